The molecule has 4 rings (SSSR count). The van der Waals surface area contributed by atoms with Gasteiger partial charge in [-0.05, 0) is 51.4 Å². The molecular weight excluding hydrogens is 514 g/mol. The maximum absolute atomic E-state index is 14.6. The minimum atomic E-state index is -6.60. The van der Waals surface area contributed by atoms with E-state index in [0.717, 1.165) is 5.39 Å². The molecule has 0 fully saturated rings. The molecule has 0 heterocycles. The van der Waals surface area contributed by atoms with E-state index in [0.29, 0.717) is 10.8 Å². The van der Waals surface area contributed by atoms with Crippen LogP contribution < -0.4 is 0 Å². The fraction of sp³-hybridized carbons (Fsp3) is 0.167. The lowest BCUT2D eigenvalue weighted by Crippen LogP contribution is -2.50. The van der Waals surface area contributed by atoms with Crippen LogP contribution in [0, 0.1) is 0 Å². The van der Waals surface area contributed by atoms with Crippen molar-refractivity contribution >= 4 is 33.1 Å². The summed E-state index contributed by atoms with van der Waals surface area (Å²) in [5, 5.41) is 0.897. The summed E-state index contributed by atoms with van der Waals surface area (Å²) in [6.45, 7) is 0. The highest BCUT2D eigenvalue weighted by Crippen LogP contribution is 2.55. The number of benzene rings is 4. The number of alkyl halides is 10. The van der Waals surface area contributed by atoms with Gasteiger partial charge in [-0.25, -0.2) is 4.39 Å². The lowest BCUT2D eigenvalue weighted by Gasteiger charge is -2.31. The largest absolute Gasteiger partial charge is 0.435 e. The Bertz CT molecular complexity index is 1420. The van der Waals surface area contributed by atoms with Gasteiger partial charge in [0.2, 0.25) is 0 Å². The van der Waals surface area contributed by atoms with Gasteiger partial charge in [-0.2, -0.15) is 39.5 Å². The average molecular weight is 525 g/mol. The summed E-state index contributed by atoms with van der Waals surface area (Å²) in [6.07, 6.45) is -18.7. The van der Waals surface area contributed by atoms with Crippen molar-refractivity contribution in [3.63, 3.8) is 0 Å². The van der Waals surface area contributed by atoms with Gasteiger partial charge >= 0.3 is 24.2 Å². The van der Waals surface area contributed by atoms with Crippen molar-refractivity contribution in [2.45, 2.75) is 24.2 Å². The van der Waals surface area contributed by atoms with Gasteiger partial charge in [0.25, 0.3) is 0 Å². The summed E-state index contributed by atoms with van der Waals surface area (Å²) in [6, 6.07) is 13.6. The number of fused-ring (bicyclic) bond motifs is 2. The molecule has 0 N–H and O–H groups in total. The van der Waals surface area contributed by atoms with Gasteiger partial charge in [0.15, 0.2) is 0 Å². The minimum Gasteiger partial charge on any atom is -0.218 e. The standard InChI is InChI=1S/C24H11ClF10/c25-19-11-15(21(26,23(30,31)32)24(33,34)35)10-18(22(27,28)29)20(19)16-7-3-6-14-8-12-4-1-2-5-13(12)9-17(14)16/h1-11H. The van der Waals surface area contributed by atoms with Crippen LogP contribution in [0.25, 0.3) is 32.7 Å². The maximum Gasteiger partial charge on any atom is 0.435 e. The van der Waals surface area contributed by atoms with Crippen LogP contribution in [0.1, 0.15) is 11.1 Å². The molecule has 0 aliphatic rings. The average Bonchev–Trinajstić information content (AvgIpc) is 2.74. The maximum atomic E-state index is 14.6. The second-order valence-corrected chi connectivity index (χ2v) is 8.17. The molecular formula is C24H11ClF10. The first-order chi connectivity index (χ1) is 16.1. The van der Waals surface area contributed by atoms with E-state index in [4.69, 9.17) is 11.6 Å². The third kappa shape index (κ3) is 4.07. The summed E-state index contributed by atoms with van der Waals surface area (Å²) >= 11 is 5.90. The van der Waals surface area contributed by atoms with E-state index in [2.05, 4.69) is 0 Å². The highest BCUT2D eigenvalue weighted by Gasteiger charge is 2.73. The van der Waals surface area contributed by atoms with Crippen LogP contribution in [0.2, 0.25) is 5.02 Å². The molecule has 0 unspecified atom stereocenters. The van der Waals surface area contributed by atoms with E-state index < -0.39 is 52.0 Å². The lowest BCUT2D eigenvalue weighted by atomic mass is 9.87. The van der Waals surface area contributed by atoms with E-state index in [1.165, 1.54) is 18.2 Å². The quantitative estimate of drug-likeness (QED) is 0.181. The fourth-order valence-electron chi connectivity index (χ4n) is 3.98. The highest BCUT2D eigenvalue weighted by molar-refractivity contribution is 6.34. The Kier molecular flexibility index (Phi) is 5.74. The summed E-state index contributed by atoms with van der Waals surface area (Å²) in [5.74, 6) is 0. The van der Waals surface area contributed by atoms with Gasteiger partial charge < -0.3 is 0 Å². The highest BCUT2D eigenvalue weighted by atomic mass is 35.5. The van der Waals surface area contributed by atoms with E-state index in [1.807, 2.05) is 0 Å². The summed E-state index contributed by atoms with van der Waals surface area (Å²) in [5.41, 5.74) is -11.4. The van der Waals surface area contributed by atoms with Crippen LogP contribution >= 0.6 is 11.6 Å². The van der Waals surface area contributed by atoms with Crippen LogP contribution in [-0.2, 0) is 11.8 Å². The zero-order valence-corrected chi connectivity index (χ0v) is 17.8. The van der Waals surface area contributed by atoms with Crippen molar-refractivity contribution in [2.75, 3.05) is 0 Å². The summed E-state index contributed by atoms with van der Waals surface area (Å²) < 4.78 is 136. The molecule has 0 aromatic heterocycles. The zero-order valence-electron chi connectivity index (χ0n) is 17.0. The monoisotopic (exact) mass is 524 g/mol. The Labute approximate surface area is 195 Å². The molecule has 0 aliphatic carbocycles. The first-order valence-corrected chi connectivity index (χ1v) is 10.1. The third-order valence-electron chi connectivity index (χ3n) is 5.59. The Morgan fingerprint density at radius 3 is 1.66 bits per heavy atom. The van der Waals surface area contributed by atoms with Crippen LogP contribution in [-0.4, -0.2) is 12.4 Å². The molecule has 4 aromatic carbocycles. The van der Waals surface area contributed by atoms with Gasteiger partial charge in [-0.15, -0.1) is 0 Å². The van der Waals surface area contributed by atoms with Crippen molar-refractivity contribution in [3.05, 3.63) is 82.9 Å². The smallest absolute Gasteiger partial charge is 0.218 e. The van der Waals surface area contributed by atoms with Crippen molar-refractivity contribution in [1.82, 2.24) is 0 Å². The lowest BCUT2D eigenvalue weighted by molar-refractivity contribution is -0.348. The Morgan fingerprint density at radius 1 is 0.571 bits per heavy atom. The molecule has 0 amide bonds. The Hall–Kier alpha value is -3.01. The molecule has 0 nitrogen and oxygen atoms in total. The molecule has 184 valence electrons. The summed E-state index contributed by atoms with van der Waals surface area (Å²) in [4.78, 5) is 0. The van der Waals surface area contributed by atoms with Gasteiger partial charge in [-0.3, -0.25) is 0 Å². The topological polar surface area (TPSA) is 0 Å². The minimum absolute atomic E-state index is 0.0625. The molecule has 0 radical (unpaired) electrons. The number of hydrogen-bond donors (Lipinski definition) is 0. The van der Waals surface area contributed by atoms with E-state index in [-0.39, 0.29) is 17.0 Å². The molecule has 11 heteroatoms. The number of hydrogen-bond acceptors (Lipinski definition) is 0. The molecule has 0 saturated carbocycles. The fourth-order valence-corrected chi connectivity index (χ4v) is 4.30. The molecule has 0 bridgehead atoms. The zero-order chi connectivity index (χ0) is 26.0. The van der Waals surface area contributed by atoms with Crippen LogP contribution in [0.3, 0.4) is 0 Å². The molecule has 4 aromatic rings. The van der Waals surface area contributed by atoms with Gasteiger partial charge in [-0.1, -0.05) is 54.1 Å². The van der Waals surface area contributed by atoms with Crippen LogP contribution in [0.4, 0.5) is 43.9 Å². The van der Waals surface area contributed by atoms with E-state index in [9.17, 15) is 43.9 Å². The third-order valence-corrected chi connectivity index (χ3v) is 5.89. The second kappa shape index (κ2) is 8.01. The van der Waals surface area contributed by atoms with Gasteiger partial charge in [0.05, 0.1) is 5.56 Å². The second-order valence-electron chi connectivity index (χ2n) is 7.76. The predicted octanol–water partition coefficient (Wildman–Crippen LogP) is 9.62. The normalized spacial score (nSPS) is 13.6. The Balaban J connectivity index is 2.09. The first-order valence-electron chi connectivity index (χ1n) is 9.71. The van der Waals surface area contributed by atoms with Crippen LogP contribution in [0.5, 0.6) is 0 Å². The van der Waals surface area contributed by atoms with Gasteiger partial charge in [0, 0.05) is 16.1 Å². The van der Waals surface area contributed by atoms with Crippen molar-refractivity contribution in [3.8, 4) is 11.1 Å². The number of rotatable bonds is 2. The molecule has 0 spiro atoms. The molecule has 0 atom stereocenters. The summed E-state index contributed by atoms with van der Waals surface area (Å²) in [7, 11) is 0. The van der Waals surface area contributed by atoms with E-state index >= 15 is 0 Å². The van der Waals surface area contributed by atoms with Gasteiger partial charge in [0.1, 0.15) is 0 Å². The number of halogens is 11. The molecule has 35 heavy (non-hydrogen) atoms. The predicted molar refractivity (Wildman–Crippen MR) is 112 cm³/mol. The first kappa shape index (κ1) is 25.1. The van der Waals surface area contributed by atoms with Crippen molar-refractivity contribution in [2.24, 2.45) is 0 Å². The van der Waals surface area contributed by atoms with Crippen molar-refractivity contribution in [1.29, 1.82) is 0 Å². The van der Waals surface area contributed by atoms with E-state index in [1.54, 1.807) is 36.4 Å². The van der Waals surface area contributed by atoms with Crippen LogP contribution in [0.15, 0.2) is 66.7 Å². The SMILES string of the molecule is FC(F)(F)c1cc(C(F)(C(F)(F)F)C(F)(F)F)cc(Cl)c1-c1cccc2cc3ccccc3cc12. The Morgan fingerprint density at radius 2 is 1.11 bits per heavy atom. The van der Waals surface area contributed by atoms with Crippen molar-refractivity contribution < 1.29 is 43.9 Å². The molecule has 0 aliphatic heterocycles. The molecule has 0 saturated heterocycles.